The Bertz CT molecular complexity index is 508. The highest BCUT2D eigenvalue weighted by Crippen LogP contribution is 2.28. The van der Waals surface area contributed by atoms with Crippen LogP contribution in [0.3, 0.4) is 0 Å². The normalized spacial score (nSPS) is 12.8. The fourth-order valence-corrected chi connectivity index (χ4v) is 2.86. The lowest BCUT2D eigenvalue weighted by Crippen LogP contribution is -2.17. The highest BCUT2D eigenvalue weighted by molar-refractivity contribution is 9.11. The van der Waals surface area contributed by atoms with Crippen molar-refractivity contribution in [3.05, 3.63) is 50.9 Å². The maximum atomic E-state index is 6.18. The Hall–Kier alpha value is -0.650. The van der Waals surface area contributed by atoms with Crippen LogP contribution in [-0.2, 0) is 7.05 Å². The molecular formula is C11H11Br2N3. The molecule has 0 fully saturated rings. The van der Waals surface area contributed by atoms with Crippen LogP contribution in [0.5, 0.6) is 0 Å². The van der Waals surface area contributed by atoms with E-state index < -0.39 is 0 Å². The zero-order valence-corrected chi connectivity index (χ0v) is 11.9. The van der Waals surface area contributed by atoms with Crippen molar-refractivity contribution in [3.63, 3.8) is 0 Å². The second-order valence-electron chi connectivity index (χ2n) is 3.54. The quantitative estimate of drug-likeness (QED) is 0.910. The van der Waals surface area contributed by atoms with E-state index in [1.165, 1.54) is 0 Å². The van der Waals surface area contributed by atoms with Gasteiger partial charge in [0.15, 0.2) is 0 Å². The summed E-state index contributed by atoms with van der Waals surface area (Å²) in [6, 6.07) is 5.73. The summed E-state index contributed by atoms with van der Waals surface area (Å²) in [5.74, 6) is 0.850. The van der Waals surface area contributed by atoms with Gasteiger partial charge in [0.1, 0.15) is 5.82 Å². The van der Waals surface area contributed by atoms with E-state index in [9.17, 15) is 0 Å². The first-order valence-electron chi connectivity index (χ1n) is 4.77. The summed E-state index contributed by atoms with van der Waals surface area (Å²) in [6.45, 7) is 0. The largest absolute Gasteiger partial charge is 0.336 e. The van der Waals surface area contributed by atoms with Crippen LogP contribution in [0, 0.1) is 0 Å². The Morgan fingerprint density at radius 3 is 2.69 bits per heavy atom. The molecule has 1 aromatic heterocycles. The van der Waals surface area contributed by atoms with E-state index in [0.717, 1.165) is 20.3 Å². The molecule has 5 heteroatoms. The van der Waals surface area contributed by atoms with E-state index in [-0.39, 0.29) is 6.04 Å². The monoisotopic (exact) mass is 343 g/mol. The predicted octanol–water partition coefficient (Wildman–Crippen LogP) is 2.99. The van der Waals surface area contributed by atoms with Gasteiger partial charge in [0.2, 0.25) is 0 Å². The molecule has 0 saturated heterocycles. The van der Waals surface area contributed by atoms with Crippen LogP contribution in [0.15, 0.2) is 39.5 Å². The summed E-state index contributed by atoms with van der Waals surface area (Å²) >= 11 is 6.93. The van der Waals surface area contributed by atoms with Gasteiger partial charge < -0.3 is 10.3 Å². The minimum absolute atomic E-state index is 0.220. The first-order valence-corrected chi connectivity index (χ1v) is 6.36. The third kappa shape index (κ3) is 2.21. The molecule has 0 amide bonds. The number of hydrogen-bond acceptors (Lipinski definition) is 2. The second kappa shape index (κ2) is 4.69. The number of rotatable bonds is 2. The van der Waals surface area contributed by atoms with Crippen LogP contribution in [0.2, 0.25) is 0 Å². The summed E-state index contributed by atoms with van der Waals surface area (Å²) in [5.41, 5.74) is 7.21. The van der Waals surface area contributed by atoms with Gasteiger partial charge in [-0.25, -0.2) is 4.98 Å². The number of nitrogens with zero attached hydrogens (tertiary/aromatic N) is 2. The molecule has 0 aliphatic rings. The van der Waals surface area contributed by atoms with E-state index in [1.807, 2.05) is 36.0 Å². The van der Waals surface area contributed by atoms with Crippen molar-refractivity contribution in [1.29, 1.82) is 0 Å². The number of halogens is 2. The lowest BCUT2D eigenvalue weighted by Gasteiger charge is -2.14. The summed E-state index contributed by atoms with van der Waals surface area (Å²) in [6.07, 6.45) is 3.64. The van der Waals surface area contributed by atoms with E-state index in [1.54, 1.807) is 6.20 Å². The van der Waals surface area contributed by atoms with E-state index in [4.69, 9.17) is 5.73 Å². The highest BCUT2D eigenvalue weighted by atomic mass is 79.9. The summed E-state index contributed by atoms with van der Waals surface area (Å²) in [4.78, 5) is 4.26. The Morgan fingerprint density at radius 1 is 1.38 bits per heavy atom. The molecule has 2 N–H and O–H groups in total. The van der Waals surface area contributed by atoms with Crippen LogP contribution < -0.4 is 5.73 Å². The molecule has 3 nitrogen and oxygen atoms in total. The van der Waals surface area contributed by atoms with Crippen molar-refractivity contribution < 1.29 is 0 Å². The molecule has 2 aromatic rings. The number of aromatic nitrogens is 2. The molecule has 84 valence electrons. The Kier molecular flexibility index (Phi) is 3.47. The first-order chi connectivity index (χ1) is 7.59. The summed E-state index contributed by atoms with van der Waals surface area (Å²) < 4.78 is 3.94. The molecule has 0 spiro atoms. The van der Waals surface area contributed by atoms with Gasteiger partial charge in [-0.3, -0.25) is 0 Å². The number of nitrogens with two attached hydrogens (primary N) is 1. The first kappa shape index (κ1) is 11.8. The van der Waals surface area contributed by atoms with Crippen molar-refractivity contribution in [2.75, 3.05) is 0 Å². The smallest absolute Gasteiger partial charge is 0.130 e. The minimum atomic E-state index is -0.220. The molecule has 0 aliphatic carbocycles. The molecule has 0 aliphatic heterocycles. The van der Waals surface area contributed by atoms with Crippen LogP contribution in [0.4, 0.5) is 0 Å². The fraction of sp³-hybridized carbons (Fsp3) is 0.182. The molecule has 2 rings (SSSR count). The Morgan fingerprint density at radius 2 is 2.12 bits per heavy atom. The predicted molar refractivity (Wildman–Crippen MR) is 71.1 cm³/mol. The summed E-state index contributed by atoms with van der Waals surface area (Å²) in [5, 5.41) is 0. The van der Waals surface area contributed by atoms with E-state index in [2.05, 4.69) is 36.8 Å². The fourth-order valence-electron chi connectivity index (χ4n) is 1.57. The van der Waals surface area contributed by atoms with Gasteiger partial charge >= 0.3 is 0 Å². The summed E-state index contributed by atoms with van der Waals surface area (Å²) in [7, 11) is 1.94. The number of hydrogen-bond donors (Lipinski definition) is 1. The third-order valence-corrected chi connectivity index (χ3v) is 3.61. The van der Waals surface area contributed by atoms with Crippen molar-refractivity contribution >= 4 is 31.9 Å². The average Bonchev–Trinajstić information content (AvgIpc) is 2.63. The maximum Gasteiger partial charge on any atom is 0.130 e. The van der Waals surface area contributed by atoms with Crippen molar-refractivity contribution in [3.8, 4) is 0 Å². The second-order valence-corrected chi connectivity index (χ2v) is 5.31. The molecule has 1 heterocycles. The van der Waals surface area contributed by atoms with Crippen molar-refractivity contribution in [1.82, 2.24) is 9.55 Å². The molecule has 1 aromatic carbocycles. The Balaban J connectivity index is 2.41. The molecule has 1 atom stereocenters. The molecule has 0 saturated carbocycles. The molecule has 1 unspecified atom stereocenters. The van der Waals surface area contributed by atoms with Crippen LogP contribution >= 0.6 is 31.9 Å². The molecule has 0 radical (unpaired) electrons. The number of aryl methyl sites for hydroxylation is 1. The lowest BCUT2D eigenvalue weighted by atomic mass is 10.1. The van der Waals surface area contributed by atoms with Crippen LogP contribution in [0.1, 0.15) is 17.4 Å². The molecule has 0 bridgehead atoms. The van der Waals surface area contributed by atoms with Crippen LogP contribution in [0.25, 0.3) is 0 Å². The van der Waals surface area contributed by atoms with Gasteiger partial charge in [-0.1, -0.05) is 37.9 Å². The third-order valence-electron chi connectivity index (χ3n) is 2.43. The van der Waals surface area contributed by atoms with Gasteiger partial charge in [-0.2, -0.15) is 0 Å². The van der Waals surface area contributed by atoms with E-state index in [0.29, 0.717) is 0 Å². The SMILES string of the molecule is Cn1ccnc1C(N)c1ccc(Br)cc1Br. The highest BCUT2D eigenvalue weighted by Gasteiger charge is 2.15. The average molecular weight is 345 g/mol. The van der Waals surface area contributed by atoms with Gasteiger partial charge in [-0.05, 0) is 17.7 Å². The zero-order valence-electron chi connectivity index (χ0n) is 8.69. The van der Waals surface area contributed by atoms with Gasteiger partial charge in [0.05, 0.1) is 6.04 Å². The lowest BCUT2D eigenvalue weighted by molar-refractivity contribution is 0.714. The Labute approximate surface area is 111 Å². The minimum Gasteiger partial charge on any atom is -0.336 e. The van der Waals surface area contributed by atoms with E-state index >= 15 is 0 Å². The van der Waals surface area contributed by atoms with Crippen LogP contribution in [-0.4, -0.2) is 9.55 Å². The van der Waals surface area contributed by atoms with Gasteiger partial charge in [-0.15, -0.1) is 0 Å². The topological polar surface area (TPSA) is 43.8 Å². The molecule has 16 heavy (non-hydrogen) atoms. The van der Waals surface area contributed by atoms with Crippen molar-refractivity contribution in [2.45, 2.75) is 6.04 Å². The van der Waals surface area contributed by atoms with Gasteiger partial charge in [0, 0.05) is 28.4 Å². The van der Waals surface area contributed by atoms with Crippen molar-refractivity contribution in [2.24, 2.45) is 12.8 Å². The number of benzene rings is 1. The molecular weight excluding hydrogens is 334 g/mol. The maximum absolute atomic E-state index is 6.18. The standard InChI is InChI=1S/C11H11Br2N3/c1-16-5-4-15-11(16)10(14)8-3-2-7(12)6-9(8)13/h2-6,10H,14H2,1H3. The van der Waals surface area contributed by atoms with Gasteiger partial charge in [0.25, 0.3) is 0 Å². The number of imidazole rings is 1. The zero-order chi connectivity index (χ0) is 11.7.